The van der Waals surface area contributed by atoms with Crippen LogP contribution in [0.4, 0.5) is 0 Å². The summed E-state index contributed by atoms with van der Waals surface area (Å²) >= 11 is 6.22. The van der Waals surface area contributed by atoms with E-state index in [0.29, 0.717) is 18.4 Å². The van der Waals surface area contributed by atoms with Gasteiger partial charge in [0.1, 0.15) is 6.10 Å². The van der Waals surface area contributed by atoms with Crippen LogP contribution in [0.15, 0.2) is 29.6 Å². The van der Waals surface area contributed by atoms with E-state index < -0.39 is 0 Å². The minimum absolute atomic E-state index is 0.0273. The molecule has 2 heterocycles. The highest BCUT2D eigenvalue weighted by Gasteiger charge is 2.48. The molecular formula is C14H14ClN3O3. The van der Waals surface area contributed by atoms with Gasteiger partial charge in [0.15, 0.2) is 0 Å². The van der Waals surface area contributed by atoms with E-state index in [1.54, 1.807) is 18.3 Å². The van der Waals surface area contributed by atoms with Crippen LogP contribution in [0, 0.1) is 11.8 Å². The van der Waals surface area contributed by atoms with Crippen molar-refractivity contribution in [2.24, 2.45) is 16.9 Å². The van der Waals surface area contributed by atoms with Crippen molar-refractivity contribution in [1.29, 1.82) is 0 Å². The first-order chi connectivity index (χ1) is 10.1. The number of halogens is 1. The highest BCUT2D eigenvalue weighted by molar-refractivity contribution is 6.21. The van der Waals surface area contributed by atoms with Crippen molar-refractivity contribution >= 4 is 29.7 Å². The number of ether oxygens (including phenoxy) is 1. The molecular weight excluding hydrogens is 294 g/mol. The topological polar surface area (TPSA) is 80.7 Å². The Morgan fingerprint density at radius 1 is 1.48 bits per heavy atom. The van der Waals surface area contributed by atoms with Gasteiger partial charge in [0.25, 0.3) is 5.91 Å². The molecule has 1 aromatic rings. The number of hydrogen-bond acceptors (Lipinski definition) is 5. The van der Waals surface area contributed by atoms with Crippen LogP contribution in [0.2, 0.25) is 0 Å². The zero-order valence-corrected chi connectivity index (χ0v) is 11.9. The smallest absolute Gasteiger partial charge is 0.306 e. The number of hydrogen-bond donors (Lipinski definition) is 1. The van der Waals surface area contributed by atoms with Gasteiger partial charge < -0.3 is 4.74 Å². The maximum Gasteiger partial charge on any atom is 0.306 e. The number of amides is 1. The predicted octanol–water partition coefficient (Wildman–Crippen LogP) is 1.36. The van der Waals surface area contributed by atoms with Gasteiger partial charge in [-0.1, -0.05) is 0 Å². The van der Waals surface area contributed by atoms with E-state index in [9.17, 15) is 9.59 Å². The molecule has 2 fully saturated rings. The lowest BCUT2D eigenvalue weighted by Crippen LogP contribution is -2.34. The molecule has 2 aliphatic rings. The molecule has 1 N–H and O–H groups in total. The van der Waals surface area contributed by atoms with Crippen molar-refractivity contribution in [2.75, 3.05) is 0 Å². The summed E-state index contributed by atoms with van der Waals surface area (Å²) in [6.07, 6.45) is 5.41. The van der Waals surface area contributed by atoms with Crippen LogP contribution in [0.1, 0.15) is 23.2 Å². The molecule has 1 aliphatic carbocycles. The third-order valence-corrected chi connectivity index (χ3v) is 4.39. The SMILES string of the molecule is O=C1CC2C(/C=N/NC(=O)c3ccncc3)C(C[C@@H]2Cl)O1. The van der Waals surface area contributed by atoms with Crippen LogP contribution in [0.5, 0.6) is 0 Å². The van der Waals surface area contributed by atoms with Crippen LogP contribution in [-0.4, -0.2) is 34.6 Å². The summed E-state index contributed by atoms with van der Waals surface area (Å²) in [5.74, 6) is -0.530. The lowest BCUT2D eigenvalue weighted by molar-refractivity contribution is -0.155. The Balaban J connectivity index is 1.62. The van der Waals surface area contributed by atoms with Crippen molar-refractivity contribution in [3.8, 4) is 0 Å². The van der Waals surface area contributed by atoms with Crippen LogP contribution in [0.3, 0.4) is 0 Å². The van der Waals surface area contributed by atoms with Gasteiger partial charge >= 0.3 is 5.97 Å². The van der Waals surface area contributed by atoms with Crippen LogP contribution < -0.4 is 5.43 Å². The van der Waals surface area contributed by atoms with E-state index in [1.165, 1.54) is 12.4 Å². The monoisotopic (exact) mass is 307 g/mol. The molecule has 110 valence electrons. The molecule has 1 amide bonds. The number of alkyl halides is 1. The second-order valence-corrected chi connectivity index (χ2v) is 5.74. The maximum absolute atomic E-state index is 11.8. The fourth-order valence-electron chi connectivity index (χ4n) is 2.83. The molecule has 1 aromatic heterocycles. The Bertz CT molecular complexity index is 578. The minimum atomic E-state index is -0.309. The van der Waals surface area contributed by atoms with E-state index in [-0.39, 0.29) is 35.2 Å². The van der Waals surface area contributed by atoms with E-state index in [2.05, 4.69) is 15.5 Å². The first kappa shape index (κ1) is 14.0. The fraction of sp³-hybridized carbons (Fsp3) is 0.429. The predicted molar refractivity (Wildman–Crippen MR) is 75.9 cm³/mol. The Kier molecular flexibility index (Phi) is 3.88. The average Bonchev–Trinajstić information content (AvgIpc) is 2.66. The summed E-state index contributed by atoms with van der Waals surface area (Å²) in [6.45, 7) is 0. The number of carbonyl (C=O) groups is 2. The number of carbonyl (C=O) groups excluding carboxylic acids is 2. The van der Waals surface area contributed by atoms with Gasteiger partial charge in [0, 0.05) is 41.9 Å². The van der Waals surface area contributed by atoms with E-state index in [0.717, 1.165) is 0 Å². The Morgan fingerprint density at radius 2 is 2.24 bits per heavy atom. The Hall–Kier alpha value is -1.95. The third-order valence-electron chi connectivity index (χ3n) is 3.89. The van der Waals surface area contributed by atoms with Crippen LogP contribution in [-0.2, 0) is 9.53 Å². The molecule has 3 rings (SSSR count). The van der Waals surface area contributed by atoms with Crippen molar-refractivity contribution in [2.45, 2.75) is 24.3 Å². The van der Waals surface area contributed by atoms with E-state index in [4.69, 9.17) is 16.3 Å². The molecule has 3 unspecified atom stereocenters. The number of esters is 1. The Morgan fingerprint density at radius 3 is 2.95 bits per heavy atom. The second-order valence-electron chi connectivity index (χ2n) is 5.18. The molecule has 2 bridgehead atoms. The number of fused-ring (bicyclic) bond motifs is 2. The largest absolute Gasteiger partial charge is 0.462 e. The van der Waals surface area contributed by atoms with Gasteiger partial charge in [-0.25, -0.2) is 5.43 Å². The van der Waals surface area contributed by atoms with Crippen molar-refractivity contribution < 1.29 is 14.3 Å². The molecule has 1 aliphatic heterocycles. The quantitative estimate of drug-likeness (QED) is 0.396. The van der Waals surface area contributed by atoms with Crippen molar-refractivity contribution in [3.63, 3.8) is 0 Å². The highest BCUT2D eigenvalue weighted by Crippen LogP contribution is 2.42. The molecule has 0 aromatic carbocycles. The molecule has 1 saturated heterocycles. The number of rotatable bonds is 3. The minimum Gasteiger partial charge on any atom is -0.462 e. The summed E-state index contributed by atoms with van der Waals surface area (Å²) in [7, 11) is 0. The van der Waals surface area contributed by atoms with E-state index >= 15 is 0 Å². The number of pyridine rings is 1. The lowest BCUT2D eigenvalue weighted by Gasteiger charge is -2.26. The van der Waals surface area contributed by atoms with Gasteiger partial charge in [-0.05, 0) is 18.1 Å². The van der Waals surface area contributed by atoms with Gasteiger partial charge in [0.2, 0.25) is 0 Å². The number of aromatic nitrogens is 1. The third kappa shape index (κ3) is 2.90. The highest BCUT2D eigenvalue weighted by atomic mass is 35.5. The molecule has 4 atom stereocenters. The molecule has 1 saturated carbocycles. The van der Waals surface area contributed by atoms with Gasteiger partial charge in [0.05, 0.1) is 6.42 Å². The maximum atomic E-state index is 11.8. The average molecular weight is 308 g/mol. The lowest BCUT2D eigenvalue weighted by atomic mass is 9.91. The molecule has 0 radical (unpaired) electrons. The summed E-state index contributed by atoms with van der Waals surface area (Å²) in [4.78, 5) is 27.0. The summed E-state index contributed by atoms with van der Waals surface area (Å²) in [6, 6.07) is 3.21. The standard InChI is InChI=1S/C14H14ClN3O3/c15-11-6-12-10(9(11)5-13(19)21-12)7-17-18-14(20)8-1-3-16-4-2-8/h1-4,7,9-12H,5-6H2,(H,18,20)/b17-7+/t9?,10?,11-,12?/m0/s1. The number of nitrogens with one attached hydrogen (secondary N) is 1. The van der Waals surface area contributed by atoms with Gasteiger partial charge in [-0.15, -0.1) is 11.6 Å². The zero-order chi connectivity index (χ0) is 14.8. The van der Waals surface area contributed by atoms with Crippen molar-refractivity contribution in [3.05, 3.63) is 30.1 Å². The number of nitrogens with zero attached hydrogens (tertiary/aromatic N) is 2. The molecule has 6 nitrogen and oxygen atoms in total. The normalized spacial score (nSPS) is 31.2. The molecule has 7 heteroatoms. The van der Waals surface area contributed by atoms with Crippen LogP contribution >= 0.6 is 11.6 Å². The fourth-order valence-corrected chi connectivity index (χ4v) is 3.26. The first-order valence-corrected chi connectivity index (χ1v) is 7.16. The van der Waals surface area contributed by atoms with Gasteiger partial charge in [-0.2, -0.15) is 5.10 Å². The Labute approximate surface area is 126 Å². The van der Waals surface area contributed by atoms with Crippen LogP contribution in [0.25, 0.3) is 0 Å². The second kappa shape index (κ2) is 5.81. The molecule has 0 spiro atoms. The van der Waals surface area contributed by atoms with E-state index in [1.807, 2.05) is 0 Å². The van der Waals surface area contributed by atoms with Gasteiger partial charge in [-0.3, -0.25) is 14.6 Å². The molecule has 21 heavy (non-hydrogen) atoms. The number of hydrazone groups is 1. The summed E-state index contributed by atoms with van der Waals surface area (Å²) < 4.78 is 5.27. The summed E-state index contributed by atoms with van der Waals surface area (Å²) in [5, 5.41) is 3.89. The summed E-state index contributed by atoms with van der Waals surface area (Å²) in [5.41, 5.74) is 2.94. The van der Waals surface area contributed by atoms with Crippen molar-refractivity contribution in [1.82, 2.24) is 10.4 Å². The zero-order valence-electron chi connectivity index (χ0n) is 11.1. The first-order valence-electron chi connectivity index (χ1n) is 6.72.